The first-order valence-corrected chi connectivity index (χ1v) is 7.46. The van der Waals surface area contributed by atoms with Crippen LogP contribution in [-0.2, 0) is 11.3 Å². The number of carbonyl (C=O) groups excluding carboxylic acids is 1. The molecule has 0 amide bonds. The largest absolute Gasteiger partial charge is 0.314 e. The molecular formula is C17H12Cl2N2O. The highest BCUT2D eigenvalue weighted by atomic mass is 35.5. The van der Waals surface area contributed by atoms with E-state index in [-0.39, 0.29) is 6.54 Å². The number of carbonyl (C=O) groups is 1. The summed E-state index contributed by atoms with van der Waals surface area (Å²) in [5.74, 6) is 0. The fourth-order valence-electron chi connectivity index (χ4n) is 2.32. The van der Waals surface area contributed by atoms with Crippen molar-refractivity contribution in [3.8, 4) is 22.4 Å². The number of benzene rings is 2. The number of nitrogens with zero attached hydrogens (tertiary/aromatic N) is 2. The van der Waals surface area contributed by atoms with Crippen LogP contribution in [0.25, 0.3) is 22.4 Å². The second-order valence-corrected chi connectivity index (χ2v) is 5.54. The molecule has 0 unspecified atom stereocenters. The second-order valence-electron chi connectivity index (χ2n) is 4.77. The van der Waals surface area contributed by atoms with E-state index in [0.717, 1.165) is 28.7 Å². The molecule has 1 heterocycles. The van der Waals surface area contributed by atoms with Crippen LogP contribution in [0.5, 0.6) is 0 Å². The molecule has 2 aromatic carbocycles. The normalized spacial score (nSPS) is 10.6. The van der Waals surface area contributed by atoms with E-state index in [1.54, 1.807) is 10.8 Å². The average Bonchev–Trinajstić information content (AvgIpc) is 2.90. The van der Waals surface area contributed by atoms with E-state index in [9.17, 15) is 4.79 Å². The van der Waals surface area contributed by atoms with Gasteiger partial charge in [-0.25, -0.2) is 4.98 Å². The highest BCUT2D eigenvalue weighted by Gasteiger charge is 2.12. The van der Waals surface area contributed by atoms with E-state index >= 15 is 0 Å². The molecular weight excluding hydrogens is 319 g/mol. The third-order valence-electron chi connectivity index (χ3n) is 3.36. The molecule has 5 heteroatoms. The fourth-order valence-corrected chi connectivity index (χ4v) is 2.65. The number of halogens is 2. The summed E-state index contributed by atoms with van der Waals surface area (Å²) in [6.07, 6.45) is 2.58. The molecule has 0 bridgehead atoms. The van der Waals surface area contributed by atoms with Crippen molar-refractivity contribution in [2.24, 2.45) is 0 Å². The van der Waals surface area contributed by atoms with E-state index in [2.05, 4.69) is 4.98 Å². The molecule has 0 aliphatic carbocycles. The maximum Gasteiger partial charge on any atom is 0.203 e. The molecule has 0 fully saturated rings. The molecule has 3 nitrogen and oxygen atoms in total. The van der Waals surface area contributed by atoms with Crippen LogP contribution in [0.3, 0.4) is 0 Å². The van der Waals surface area contributed by atoms with E-state index < -0.39 is 0 Å². The minimum absolute atomic E-state index is 0.189. The summed E-state index contributed by atoms with van der Waals surface area (Å²) >= 11 is 12.0. The standard InChI is InChI=1S/C17H12Cl2N2O/c18-13-7-5-12(6-8-13)14-3-1-2-4-15(14)16-11-21(9-10-22)17(19)20-16/h1-8,10-11H,9H2. The predicted octanol–water partition coefficient (Wildman–Crippen LogP) is 4.72. The van der Waals surface area contributed by atoms with Crippen LogP contribution < -0.4 is 0 Å². The van der Waals surface area contributed by atoms with Crippen molar-refractivity contribution in [1.82, 2.24) is 9.55 Å². The van der Waals surface area contributed by atoms with E-state index in [1.807, 2.05) is 48.5 Å². The summed E-state index contributed by atoms with van der Waals surface area (Å²) in [5.41, 5.74) is 3.77. The second kappa shape index (κ2) is 6.34. The smallest absolute Gasteiger partial charge is 0.203 e. The topological polar surface area (TPSA) is 34.9 Å². The zero-order valence-electron chi connectivity index (χ0n) is 11.5. The molecule has 0 atom stereocenters. The number of aldehydes is 1. The van der Waals surface area contributed by atoms with Gasteiger partial charge in [-0.1, -0.05) is 48.0 Å². The van der Waals surface area contributed by atoms with Crippen molar-refractivity contribution in [3.63, 3.8) is 0 Å². The Balaban J connectivity index is 2.10. The highest BCUT2D eigenvalue weighted by molar-refractivity contribution is 6.30. The lowest BCUT2D eigenvalue weighted by Gasteiger charge is -2.07. The van der Waals surface area contributed by atoms with Gasteiger partial charge in [0, 0.05) is 16.8 Å². The first-order valence-electron chi connectivity index (χ1n) is 6.70. The lowest BCUT2D eigenvalue weighted by atomic mass is 9.98. The van der Waals surface area contributed by atoms with Gasteiger partial charge in [0.05, 0.1) is 12.2 Å². The molecule has 0 spiro atoms. The van der Waals surface area contributed by atoms with Gasteiger partial charge in [0.1, 0.15) is 6.29 Å². The van der Waals surface area contributed by atoms with Crippen molar-refractivity contribution in [2.45, 2.75) is 6.54 Å². The number of imidazole rings is 1. The number of aromatic nitrogens is 2. The molecule has 22 heavy (non-hydrogen) atoms. The van der Waals surface area contributed by atoms with Crippen molar-refractivity contribution >= 4 is 29.5 Å². The van der Waals surface area contributed by atoms with E-state index in [1.165, 1.54) is 0 Å². The van der Waals surface area contributed by atoms with Gasteiger partial charge in [0.15, 0.2) is 0 Å². The van der Waals surface area contributed by atoms with Crippen molar-refractivity contribution in [3.05, 3.63) is 65.0 Å². The van der Waals surface area contributed by atoms with Crippen LogP contribution >= 0.6 is 23.2 Å². The third-order valence-corrected chi connectivity index (χ3v) is 3.91. The van der Waals surface area contributed by atoms with Crippen LogP contribution in [0, 0.1) is 0 Å². The summed E-state index contributed by atoms with van der Waals surface area (Å²) in [4.78, 5) is 15.0. The van der Waals surface area contributed by atoms with Gasteiger partial charge in [-0.3, -0.25) is 0 Å². The Kier molecular flexibility index (Phi) is 4.27. The third kappa shape index (κ3) is 2.91. The monoisotopic (exact) mass is 330 g/mol. The first kappa shape index (κ1) is 14.8. The maximum atomic E-state index is 10.7. The molecule has 0 radical (unpaired) electrons. The molecule has 0 saturated heterocycles. The molecule has 0 N–H and O–H groups in total. The quantitative estimate of drug-likeness (QED) is 0.648. The molecule has 3 rings (SSSR count). The first-order chi connectivity index (χ1) is 10.7. The van der Waals surface area contributed by atoms with Crippen molar-refractivity contribution < 1.29 is 4.79 Å². The van der Waals surface area contributed by atoms with E-state index in [0.29, 0.717) is 10.3 Å². The van der Waals surface area contributed by atoms with Crippen LogP contribution in [0.1, 0.15) is 0 Å². The van der Waals surface area contributed by atoms with Gasteiger partial charge in [-0.15, -0.1) is 0 Å². The highest BCUT2D eigenvalue weighted by Crippen LogP contribution is 2.32. The molecule has 0 aliphatic rings. The Morgan fingerprint density at radius 2 is 1.68 bits per heavy atom. The molecule has 1 aromatic heterocycles. The van der Waals surface area contributed by atoms with E-state index in [4.69, 9.17) is 23.2 Å². The predicted molar refractivity (Wildman–Crippen MR) is 89.2 cm³/mol. The summed E-state index contributed by atoms with van der Waals surface area (Å²) < 4.78 is 1.61. The number of hydrogen-bond acceptors (Lipinski definition) is 2. The van der Waals surface area contributed by atoms with Gasteiger partial charge in [-0.05, 0) is 34.9 Å². The minimum Gasteiger partial charge on any atom is -0.314 e. The average molecular weight is 331 g/mol. The van der Waals surface area contributed by atoms with Gasteiger partial charge in [-0.2, -0.15) is 0 Å². The molecule has 110 valence electrons. The van der Waals surface area contributed by atoms with Gasteiger partial charge >= 0.3 is 0 Å². The summed E-state index contributed by atoms with van der Waals surface area (Å²) in [7, 11) is 0. The Bertz CT molecular complexity index is 810. The van der Waals surface area contributed by atoms with Crippen LogP contribution in [0.2, 0.25) is 10.3 Å². The summed E-state index contributed by atoms with van der Waals surface area (Å²) in [5, 5.41) is 0.993. The SMILES string of the molecule is O=CCn1cc(-c2ccccc2-c2ccc(Cl)cc2)nc1Cl. The Labute approximate surface area is 138 Å². The number of rotatable bonds is 4. The lowest BCUT2D eigenvalue weighted by Crippen LogP contribution is -1.96. The van der Waals surface area contributed by atoms with Gasteiger partial charge < -0.3 is 9.36 Å². The Morgan fingerprint density at radius 1 is 1.00 bits per heavy atom. The number of hydrogen-bond donors (Lipinski definition) is 0. The summed E-state index contributed by atoms with van der Waals surface area (Å²) in [6.45, 7) is 0.189. The van der Waals surface area contributed by atoms with Gasteiger partial charge in [0.25, 0.3) is 0 Å². The lowest BCUT2D eigenvalue weighted by molar-refractivity contribution is -0.108. The minimum atomic E-state index is 0.189. The van der Waals surface area contributed by atoms with Crippen molar-refractivity contribution in [2.75, 3.05) is 0 Å². The molecule has 0 aliphatic heterocycles. The zero-order chi connectivity index (χ0) is 15.5. The van der Waals surface area contributed by atoms with Crippen LogP contribution in [0.15, 0.2) is 54.7 Å². The molecule has 3 aromatic rings. The van der Waals surface area contributed by atoms with Crippen LogP contribution in [0.4, 0.5) is 0 Å². The molecule has 0 saturated carbocycles. The Hall–Kier alpha value is -2.10. The fraction of sp³-hybridized carbons (Fsp3) is 0.0588. The summed E-state index contributed by atoms with van der Waals surface area (Å²) in [6, 6.07) is 15.5. The maximum absolute atomic E-state index is 10.7. The zero-order valence-corrected chi connectivity index (χ0v) is 13.1. The van der Waals surface area contributed by atoms with Crippen LogP contribution in [-0.4, -0.2) is 15.8 Å². The van der Waals surface area contributed by atoms with Crippen molar-refractivity contribution in [1.29, 1.82) is 0 Å². The Morgan fingerprint density at radius 3 is 2.36 bits per heavy atom. The van der Waals surface area contributed by atoms with Gasteiger partial charge in [0.2, 0.25) is 5.28 Å².